The molecule has 0 fully saturated rings. The standard InChI is InChI=1S/C20H23NO4/c1-15(13-19(23)24-2)21-18(22)14-25-20(16-9-5-3-6-10-16)17-11-7-4-8-12-17/h3-12,15,20H,13-14H2,1-2H3,(H,21,22). The molecule has 5 nitrogen and oxygen atoms in total. The quantitative estimate of drug-likeness (QED) is 0.750. The van der Waals surface area contributed by atoms with Gasteiger partial charge in [0.25, 0.3) is 0 Å². The van der Waals surface area contributed by atoms with E-state index in [4.69, 9.17) is 4.74 Å². The Hall–Kier alpha value is -2.66. The third kappa shape index (κ3) is 6.04. The number of hydrogen-bond donors (Lipinski definition) is 1. The molecule has 25 heavy (non-hydrogen) atoms. The Morgan fingerprint density at radius 1 is 0.960 bits per heavy atom. The molecule has 1 N–H and O–H groups in total. The first kappa shape index (κ1) is 18.7. The van der Waals surface area contributed by atoms with Crippen LogP contribution in [0.5, 0.6) is 0 Å². The Bertz CT molecular complexity index is 633. The van der Waals surface area contributed by atoms with E-state index in [1.165, 1.54) is 7.11 Å². The summed E-state index contributed by atoms with van der Waals surface area (Å²) in [6.45, 7) is 1.65. The van der Waals surface area contributed by atoms with Crippen molar-refractivity contribution >= 4 is 11.9 Å². The molecule has 0 spiro atoms. The van der Waals surface area contributed by atoms with Gasteiger partial charge < -0.3 is 14.8 Å². The number of hydrogen-bond acceptors (Lipinski definition) is 4. The van der Waals surface area contributed by atoms with Crippen LogP contribution in [0.3, 0.4) is 0 Å². The first-order valence-electron chi connectivity index (χ1n) is 8.18. The van der Waals surface area contributed by atoms with E-state index in [2.05, 4.69) is 10.1 Å². The third-order valence-electron chi connectivity index (χ3n) is 3.69. The predicted octanol–water partition coefficient (Wildman–Crippen LogP) is 2.86. The molecule has 1 unspecified atom stereocenters. The van der Waals surface area contributed by atoms with Crippen LogP contribution in [0.4, 0.5) is 0 Å². The average Bonchev–Trinajstić information content (AvgIpc) is 2.63. The molecule has 0 aromatic heterocycles. The number of ether oxygens (including phenoxy) is 2. The average molecular weight is 341 g/mol. The third-order valence-corrected chi connectivity index (χ3v) is 3.69. The topological polar surface area (TPSA) is 64.6 Å². The summed E-state index contributed by atoms with van der Waals surface area (Å²) in [6, 6.07) is 19.2. The maximum Gasteiger partial charge on any atom is 0.307 e. The van der Waals surface area contributed by atoms with Crippen LogP contribution in [-0.2, 0) is 19.1 Å². The second-order valence-electron chi connectivity index (χ2n) is 5.76. The number of carbonyl (C=O) groups excluding carboxylic acids is 2. The maximum absolute atomic E-state index is 12.1. The lowest BCUT2D eigenvalue weighted by molar-refractivity contribution is -0.141. The van der Waals surface area contributed by atoms with Gasteiger partial charge >= 0.3 is 5.97 Å². The van der Waals surface area contributed by atoms with Crippen molar-refractivity contribution in [3.05, 3.63) is 71.8 Å². The van der Waals surface area contributed by atoms with E-state index in [0.717, 1.165) is 11.1 Å². The number of esters is 1. The second-order valence-corrected chi connectivity index (χ2v) is 5.76. The largest absolute Gasteiger partial charge is 0.469 e. The zero-order chi connectivity index (χ0) is 18.1. The van der Waals surface area contributed by atoms with E-state index < -0.39 is 0 Å². The summed E-state index contributed by atoms with van der Waals surface area (Å²) in [6.07, 6.45) is -0.202. The highest BCUT2D eigenvalue weighted by atomic mass is 16.5. The lowest BCUT2D eigenvalue weighted by atomic mass is 10.0. The van der Waals surface area contributed by atoms with E-state index in [9.17, 15) is 9.59 Å². The van der Waals surface area contributed by atoms with Gasteiger partial charge in [0.2, 0.25) is 5.91 Å². The molecule has 0 saturated heterocycles. The van der Waals surface area contributed by atoms with Gasteiger partial charge in [0.1, 0.15) is 12.7 Å². The Kier molecular flexibility index (Phi) is 7.16. The van der Waals surface area contributed by atoms with Gasteiger partial charge in [-0.25, -0.2) is 0 Å². The van der Waals surface area contributed by atoms with Crippen LogP contribution in [0.25, 0.3) is 0 Å². The van der Waals surface area contributed by atoms with Crippen LogP contribution in [-0.4, -0.2) is 31.6 Å². The molecule has 1 amide bonds. The summed E-state index contributed by atoms with van der Waals surface area (Å²) < 4.78 is 10.5. The summed E-state index contributed by atoms with van der Waals surface area (Å²) in [5.41, 5.74) is 1.95. The molecule has 0 bridgehead atoms. The fourth-order valence-corrected chi connectivity index (χ4v) is 2.50. The van der Waals surface area contributed by atoms with Gasteiger partial charge in [-0.3, -0.25) is 9.59 Å². The molecule has 132 valence electrons. The van der Waals surface area contributed by atoms with Gasteiger partial charge in [-0.2, -0.15) is 0 Å². The Morgan fingerprint density at radius 2 is 1.48 bits per heavy atom. The van der Waals surface area contributed by atoms with Crippen molar-refractivity contribution in [3.8, 4) is 0 Å². The highest BCUT2D eigenvalue weighted by Gasteiger charge is 2.17. The molecular weight excluding hydrogens is 318 g/mol. The predicted molar refractivity (Wildman–Crippen MR) is 94.9 cm³/mol. The molecule has 1 atom stereocenters. The van der Waals surface area contributed by atoms with E-state index in [1.807, 2.05) is 60.7 Å². The van der Waals surface area contributed by atoms with E-state index in [0.29, 0.717) is 0 Å². The minimum absolute atomic E-state index is 0.0973. The molecule has 0 aliphatic rings. The highest BCUT2D eigenvalue weighted by Crippen LogP contribution is 2.25. The minimum Gasteiger partial charge on any atom is -0.469 e. The molecule has 0 heterocycles. The number of methoxy groups -OCH3 is 1. The van der Waals surface area contributed by atoms with Crippen LogP contribution >= 0.6 is 0 Å². The fourth-order valence-electron chi connectivity index (χ4n) is 2.50. The minimum atomic E-state index is -0.361. The second kappa shape index (κ2) is 9.59. The Labute approximate surface area is 148 Å². The van der Waals surface area contributed by atoms with Crippen LogP contribution in [0.15, 0.2) is 60.7 Å². The number of carbonyl (C=O) groups is 2. The van der Waals surface area contributed by atoms with Crippen molar-refractivity contribution in [1.29, 1.82) is 0 Å². The van der Waals surface area contributed by atoms with E-state index in [-0.39, 0.29) is 37.0 Å². The maximum atomic E-state index is 12.1. The molecule has 0 aliphatic carbocycles. The fraction of sp³-hybridized carbons (Fsp3) is 0.300. The summed E-state index contributed by atoms with van der Waals surface area (Å²) in [7, 11) is 1.32. The lowest BCUT2D eigenvalue weighted by Crippen LogP contribution is -2.37. The van der Waals surface area contributed by atoms with Gasteiger partial charge in [-0.05, 0) is 18.1 Å². The zero-order valence-electron chi connectivity index (χ0n) is 14.5. The molecule has 0 radical (unpaired) electrons. The molecule has 2 rings (SSSR count). The van der Waals surface area contributed by atoms with Crippen molar-refractivity contribution in [2.45, 2.75) is 25.5 Å². The smallest absolute Gasteiger partial charge is 0.307 e. The zero-order valence-corrected chi connectivity index (χ0v) is 14.5. The molecule has 0 saturated carbocycles. The van der Waals surface area contributed by atoms with Crippen LogP contribution in [0.1, 0.15) is 30.6 Å². The van der Waals surface area contributed by atoms with Crippen LogP contribution in [0.2, 0.25) is 0 Å². The summed E-state index contributed by atoms with van der Waals surface area (Å²) in [5.74, 6) is -0.631. The normalized spacial score (nSPS) is 11.8. The van der Waals surface area contributed by atoms with Crippen molar-refractivity contribution in [2.24, 2.45) is 0 Å². The van der Waals surface area contributed by atoms with Gasteiger partial charge in [-0.1, -0.05) is 60.7 Å². The monoisotopic (exact) mass is 341 g/mol. The van der Waals surface area contributed by atoms with Gasteiger partial charge in [-0.15, -0.1) is 0 Å². The number of benzene rings is 2. The molecule has 5 heteroatoms. The van der Waals surface area contributed by atoms with Crippen molar-refractivity contribution in [1.82, 2.24) is 5.32 Å². The molecule has 2 aromatic carbocycles. The number of rotatable bonds is 8. The first-order valence-corrected chi connectivity index (χ1v) is 8.18. The van der Waals surface area contributed by atoms with Crippen LogP contribution in [0, 0.1) is 0 Å². The number of nitrogens with one attached hydrogen (secondary N) is 1. The summed E-state index contributed by atoms with van der Waals surface area (Å²) in [4.78, 5) is 23.3. The van der Waals surface area contributed by atoms with Crippen molar-refractivity contribution in [3.63, 3.8) is 0 Å². The first-order chi connectivity index (χ1) is 12.1. The number of amides is 1. The Morgan fingerprint density at radius 3 is 1.96 bits per heavy atom. The van der Waals surface area contributed by atoms with Crippen molar-refractivity contribution < 1.29 is 19.1 Å². The highest BCUT2D eigenvalue weighted by molar-refractivity contribution is 5.78. The van der Waals surface area contributed by atoms with Crippen molar-refractivity contribution in [2.75, 3.05) is 13.7 Å². The Balaban J connectivity index is 1.98. The van der Waals surface area contributed by atoms with Gasteiger partial charge in [0.15, 0.2) is 0 Å². The SMILES string of the molecule is COC(=O)CC(C)NC(=O)COC(c1ccccc1)c1ccccc1. The summed E-state index contributed by atoms with van der Waals surface area (Å²) >= 11 is 0. The molecule has 0 aliphatic heterocycles. The van der Waals surface area contributed by atoms with Gasteiger partial charge in [0, 0.05) is 6.04 Å². The van der Waals surface area contributed by atoms with E-state index >= 15 is 0 Å². The summed E-state index contributed by atoms with van der Waals surface area (Å²) in [5, 5.41) is 2.74. The molecular formula is C20H23NO4. The van der Waals surface area contributed by atoms with Crippen LogP contribution < -0.4 is 5.32 Å². The molecule has 2 aromatic rings. The van der Waals surface area contributed by atoms with Gasteiger partial charge in [0.05, 0.1) is 13.5 Å². The van der Waals surface area contributed by atoms with E-state index in [1.54, 1.807) is 6.92 Å². The lowest BCUT2D eigenvalue weighted by Gasteiger charge is -2.19.